The normalized spacial score (nSPS) is 30.0. The molecule has 4 heteroatoms. The van der Waals surface area contributed by atoms with Crippen molar-refractivity contribution in [2.45, 2.75) is 43.0 Å². The average Bonchev–Trinajstić information content (AvgIpc) is 3.15. The summed E-state index contributed by atoms with van der Waals surface area (Å²) >= 11 is 8.61. The number of hydrogen-bond acceptors (Lipinski definition) is 2. The molecule has 2 fully saturated rings. The Morgan fingerprint density at radius 1 is 1.12 bits per heavy atom. The van der Waals surface area contributed by atoms with E-state index in [0.29, 0.717) is 5.92 Å². The Bertz CT molecular complexity index is 702. The second kappa shape index (κ2) is 6.53. The van der Waals surface area contributed by atoms with Crippen molar-refractivity contribution >= 4 is 28.8 Å². The zero-order valence-electron chi connectivity index (χ0n) is 13.7. The van der Waals surface area contributed by atoms with E-state index >= 15 is 0 Å². The second-order valence-electron chi connectivity index (χ2n) is 6.97. The number of thiophene rings is 1. The van der Waals surface area contributed by atoms with E-state index in [4.69, 9.17) is 11.6 Å². The van der Waals surface area contributed by atoms with Crippen molar-refractivity contribution in [3.05, 3.63) is 58.3 Å². The van der Waals surface area contributed by atoms with Gasteiger partial charge >= 0.3 is 0 Å². The number of amides is 1. The van der Waals surface area contributed by atoms with E-state index in [1.807, 2.05) is 23.6 Å². The van der Waals surface area contributed by atoms with E-state index in [0.717, 1.165) is 30.7 Å². The van der Waals surface area contributed by atoms with Gasteiger partial charge in [0.2, 0.25) is 0 Å². The van der Waals surface area contributed by atoms with Crippen molar-refractivity contribution in [1.29, 1.82) is 0 Å². The quantitative estimate of drug-likeness (QED) is 0.648. The first-order valence-electron chi connectivity index (χ1n) is 8.77. The maximum absolute atomic E-state index is 13.1. The molecule has 0 bridgehead atoms. The van der Waals surface area contributed by atoms with Gasteiger partial charge in [0, 0.05) is 12.5 Å². The lowest BCUT2D eigenvalue weighted by Gasteiger charge is -2.52. The van der Waals surface area contributed by atoms with Gasteiger partial charge in [-0.15, -0.1) is 22.9 Å². The Morgan fingerprint density at radius 3 is 2.71 bits per heavy atom. The Labute approximate surface area is 152 Å². The highest BCUT2D eigenvalue weighted by atomic mass is 35.5. The fraction of sp³-hybridized carbons (Fsp3) is 0.450. The number of likely N-dealkylation sites (tertiary alicyclic amines) is 1. The van der Waals surface area contributed by atoms with Gasteiger partial charge in [-0.1, -0.05) is 49.2 Å². The number of nitrogens with zero attached hydrogens (tertiary/aromatic N) is 1. The zero-order valence-corrected chi connectivity index (χ0v) is 15.2. The number of halogens is 1. The molecule has 3 atom stereocenters. The van der Waals surface area contributed by atoms with Crippen LogP contribution in [-0.4, -0.2) is 22.2 Å². The van der Waals surface area contributed by atoms with Crippen LogP contribution < -0.4 is 0 Å². The van der Waals surface area contributed by atoms with Crippen LogP contribution in [0.15, 0.2) is 47.8 Å². The molecule has 1 amide bonds. The third-order valence-corrected chi connectivity index (χ3v) is 7.16. The number of carbonyl (C=O) groups excluding carboxylic acids is 1. The smallest absolute Gasteiger partial charge is 0.264 e. The molecule has 0 N–H and O–H groups in total. The summed E-state index contributed by atoms with van der Waals surface area (Å²) in [5, 5.41) is 1.97. The average molecular weight is 360 g/mol. The summed E-state index contributed by atoms with van der Waals surface area (Å²) in [7, 11) is 0. The summed E-state index contributed by atoms with van der Waals surface area (Å²) in [5.74, 6) is 0.496. The maximum atomic E-state index is 13.1. The van der Waals surface area contributed by atoms with Gasteiger partial charge in [0.25, 0.3) is 5.91 Å². The molecule has 1 saturated heterocycles. The van der Waals surface area contributed by atoms with E-state index in [9.17, 15) is 4.79 Å². The molecule has 1 saturated carbocycles. The molecule has 1 aliphatic carbocycles. The van der Waals surface area contributed by atoms with E-state index in [2.05, 4.69) is 29.2 Å². The Morgan fingerprint density at radius 2 is 1.96 bits per heavy atom. The van der Waals surface area contributed by atoms with E-state index in [-0.39, 0.29) is 16.8 Å². The molecule has 1 aromatic heterocycles. The van der Waals surface area contributed by atoms with E-state index in [1.54, 1.807) is 0 Å². The first-order chi connectivity index (χ1) is 11.7. The van der Waals surface area contributed by atoms with Crippen molar-refractivity contribution in [2.75, 3.05) is 6.54 Å². The standard InChI is InChI=1S/C20H22ClNOS/c21-20-11-5-4-9-16(20)18(15-7-2-1-3-8-15)22(13-12-20)19(23)17-10-6-14-24-17/h1-3,6-8,10,14,16,18H,4-5,9,11-13H2/t16-,18-,20-/m0/s1. The van der Waals surface area contributed by atoms with Crippen LogP contribution in [0.3, 0.4) is 0 Å². The van der Waals surface area contributed by atoms with E-state index in [1.165, 1.54) is 29.7 Å². The van der Waals surface area contributed by atoms with Gasteiger partial charge in [0.05, 0.1) is 15.8 Å². The van der Waals surface area contributed by atoms with Crippen molar-refractivity contribution in [3.8, 4) is 0 Å². The van der Waals surface area contributed by atoms with Crippen molar-refractivity contribution in [1.82, 2.24) is 4.90 Å². The molecule has 4 rings (SSSR count). The van der Waals surface area contributed by atoms with Gasteiger partial charge in [-0.2, -0.15) is 0 Å². The van der Waals surface area contributed by atoms with Crippen LogP contribution >= 0.6 is 22.9 Å². The Balaban J connectivity index is 1.74. The summed E-state index contributed by atoms with van der Waals surface area (Å²) in [5.41, 5.74) is 1.22. The summed E-state index contributed by atoms with van der Waals surface area (Å²) in [6, 6.07) is 14.4. The highest BCUT2D eigenvalue weighted by molar-refractivity contribution is 7.12. The lowest BCUT2D eigenvalue weighted by molar-refractivity contribution is 0.0283. The summed E-state index contributed by atoms with van der Waals surface area (Å²) < 4.78 is 0. The van der Waals surface area contributed by atoms with Crippen LogP contribution in [0.2, 0.25) is 0 Å². The molecule has 0 radical (unpaired) electrons. The predicted octanol–water partition coefficient (Wildman–Crippen LogP) is 5.50. The molecule has 1 aliphatic heterocycles. The molecular weight excluding hydrogens is 338 g/mol. The Kier molecular flexibility index (Phi) is 4.40. The Hall–Kier alpha value is -1.32. The topological polar surface area (TPSA) is 20.3 Å². The molecular formula is C20H22ClNOS. The van der Waals surface area contributed by atoms with Crippen molar-refractivity contribution < 1.29 is 4.79 Å². The van der Waals surface area contributed by atoms with Crippen LogP contribution in [-0.2, 0) is 0 Å². The zero-order chi connectivity index (χ0) is 16.6. The van der Waals surface area contributed by atoms with Crippen LogP contribution in [0.25, 0.3) is 0 Å². The summed E-state index contributed by atoms with van der Waals surface area (Å²) in [6.45, 7) is 0.746. The number of piperidine rings is 1. The fourth-order valence-corrected chi connectivity index (χ4v) is 5.60. The highest BCUT2D eigenvalue weighted by Gasteiger charge is 2.50. The molecule has 0 spiro atoms. The number of benzene rings is 1. The monoisotopic (exact) mass is 359 g/mol. The van der Waals surface area contributed by atoms with Gasteiger partial charge in [-0.05, 0) is 36.3 Å². The number of carbonyl (C=O) groups is 1. The van der Waals surface area contributed by atoms with Gasteiger partial charge in [-0.25, -0.2) is 0 Å². The molecule has 0 unspecified atom stereocenters. The largest absolute Gasteiger partial charge is 0.330 e. The lowest BCUT2D eigenvalue weighted by Crippen LogP contribution is -2.53. The van der Waals surface area contributed by atoms with E-state index < -0.39 is 0 Å². The number of hydrogen-bond donors (Lipinski definition) is 0. The second-order valence-corrected chi connectivity index (χ2v) is 8.67. The molecule has 2 heterocycles. The summed E-state index contributed by atoms with van der Waals surface area (Å²) in [4.78, 5) is 15.9. The van der Waals surface area contributed by atoms with Gasteiger partial charge < -0.3 is 4.90 Å². The van der Waals surface area contributed by atoms with Crippen molar-refractivity contribution in [3.63, 3.8) is 0 Å². The number of alkyl halides is 1. The third-order valence-electron chi connectivity index (χ3n) is 5.64. The summed E-state index contributed by atoms with van der Waals surface area (Å²) in [6.07, 6.45) is 5.50. The minimum absolute atomic E-state index is 0.0901. The van der Waals surface area contributed by atoms with Gasteiger partial charge in [-0.3, -0.25) is 4.79 Å². The van der Waals surface area contributed by atoms with Crippen molar-refractivity contribution in [2.24, 2.45) is 5.92 Å². The molecule has 1 aromatic carbocycles. The van der Waals surface area contributed by atoms with Crippen LogP contribution in [0.1, 0.15) is 53.4 Å². The number of rotatable bonds is 2. The first kappa shape index (κ1) is 16.2. The van der Waals surface area contributed by atoms with Gasteiger partial charge in [0.15, 0.2) is 0 Å². The SMILES string of the molecule is O=C(c1cccs1)N1CC[C@@]2(Cl)CCCC[C@H]2[C@@H]1c1ccccc1. The fourth-order valence-electron chi connectivity index (χ4n) is 4.47. The number of fused-ring (bicyclic) bond motifs is 1. The predicted molar refractivity (Wildman–Crippen MR) is 99.7 cm³/mol. The molecule has 126 valence electrons. The molecule has 24 heavy (non-hydrogen) atoms. The third kappa shape index (κ3) is 2.78. The molecule has 2 aliphatic rings. The van der Waals surface area contributed by atoms with Crippen LogP contribution in [0.4, 0.5) is 0 Å². The van der Waals surface area contributed by atoms with Gasteiger partial charge in [0.1, 0.15) is 0 Å². The molecule has 2 nitrogen and oxygen atoms in total. The lowest BCUT2D eigenvalue weighted by atomic mass is 9.68. The van der Waals surface area contributed by atoms with Crippen LogP contribution in [0, 0.1) is 5.92 Å². The molecule has 2 aromatic rings. The van der Waals surface area contributed by atoms with Crippen LogP contribution in [0.5, 0.6) is 0 Å². The minimum Gasteiger partial charge on any atom is -0.330 e. The minimum atomic E-state index is -0.148. The maximum Gasteiger partial charge on any atom is 0.264 e. The first-order valence-corrected chi connectivity index (χ1v) is 10.0. The highest BCUT2D eigenvalue weighted by Crippen LogP contribution is 2.52.